The summed E-state index contributed by atoms with van der Waals surface area (Å²) in [6, 6.07) is 10.6. The first-order valence-electron chi connectivity index (χ1n) is 9.55. The predicted molar refractivity (Wildman–Crippen MR) is 99.6 cm³/mol. The molecule has 2 saturated heterocycles. The van der Waals surface area contributed by atoms with Gasteiger partial charge in [-0.3, -0.25) is 4.79 Å². The molecule has 2 fully saturated rings. The van der Waals surface area contributed by atoms with Crippen LogP contribution in [0.5, 0.6) is 0 Å². The van der Waals surface area contributed by atoms with Gasteiger partial charge in [0, 0.05) is 25.2 Å². The molecule has 4 rings (SSSR count). The Morgan fingerprint density at radius 3 is 2.69 bits per heavy atom. The predicted octanol–water partition coefficient (Wildman–Crippen LogP) is 2.96. The molecule has 5 nitrogen and oxygen atoms in total. The fourth-order valence-corrected chi connectivity index (χ4v) is 4.45. The molecule has 5 heteroatoms. The van der Waals surface area contributed by atoms with Gasteiger partial charge in [0.1, 0.15) is 5.76 Å². The molecule has 138 valence electrons. The largest absolute Gasteiger partial charge is 0.361 e. The lowest BCUT2D eigenvalue weighted by molar-refractivity contribution is -0.167. The van der Waals surface area contributed by atoms with E-state index in [4.69, 9.17) is 4.52 Å². The number of carbonyl (C=O) groups is 1. The molecule has 1 spiro atoms. The standard InChI is InChI=1S/C21H27N3O2/c1-16-19(17(2)26-22-16)13-24-15-21(20(24)25)10-6-11-23(14-21)12-9-18-7-4-3-5-8-18/h3-5,7-8H,6,9-15H2,1-2H3/t21-/m0/s1. The zero-order chi connectivity index (χ0) is 18.1. The Morgan fingerprint density at radius 1 is 1.19 bits per heavy atom. The highest BCUT2D eigenvalue weighted by molar-refractivity contribution is 5.89. The maximum absolute atomic E-state index is 13.0. The molecule has 1 aromatic carbocycles. The average molecular weight is 353 g/mol. The zero-order valence-electron chi connectivity index (χ0n) is 15.7. The van der Waals surface area contributed by atoms with Crippen LogP contribution in [0.1, 0.15) is 35.4 Å². The molecule has 2 aromatic rings. The van der Waals surface area contributed by atoms with E-state index in [2.05, 4.69) is 40.4 Å². The topological polar surface area (TPSA) is 49.6 Å². The van der Waals surface area contributed by atoms with E-state index < -0.39 is 0 Å². The molecule has 1 aromatic heterocycles. The van der Waals surface area contributed by atoms with Crippen LogP contribution in [0.4, 0.5) is 0 Å². The molecule has 26 heavy (non-hydrogen) atoms. The summed E-state index contributed by atoms with van der Waals surface area (Å²) in [4.78, 5) is 17.4. The third-order valence-electron chi connectivity index (χ3n) is 5.98. The second-order valence-electron chi connectivity index (χ2n) is 7.86. The number of piperidine rings is 1. The number of aryl methyl sites for hydroxylation is 2. The number of hydrogen-bond acceptors (Lipinski definition) is 4. The molecular formula is C21H27N3O2. The fraction of sp³-hybridized carbons (Fsp3) is 0.524. The number of β-lactam (4-membered cyclic amide) rings is 1. The molecule has 0 aliphatic carbocycles. The summed E-state index contributed by atoms with van der Waals surface area (Å²) in [5, 5.41) is 4.00. The van der Waals surface area contributed by atoms with Crippen LogP contribution in [0.2, 0.25) is 0 Å². The van der Waals surface area contributed by atoms with Crippen molar-refractivity contribution in [3.05, 3.63) is 52.9 Å². The second kappa shape index (κ2) is 6.88. The van der Waals surface area contributed by atoms with Crippen LogP contribution in [-0.4, -0.2) is 47.0 Å². The summed E-state index contributed by atoms with van der Waals surface area (Å²) in [7, 11) is 0. The number of nitrogens with zero attached hydrogens (tertiary/aromatic N) is 3. The number of likely N-dealkylation sites (tertiary alicyclic amines) is 2. The van der Waals surface area contributed by atoms with Crippen LogP contribution in [0.3, 0.4) is 0 Å². The van der Waals surface area contributed by atoms with Crippen LogP contribution < -0.4 is 0 Å². The third-order valence-corrected chi connectivity index (χ3v) is 5.98. The maximum atomic E-state index is 13.0. The minimum Gasteiger partial charge on any atom is -0.361 e. The van der Waals surface area contributed by atoms with Crippen LogP contribution >= 0.6 is 0 Å². The van der Waals surface area contributed by atoms with E-state index in [1.807, 2.05) is 18.7 Å². The Labute approximate surface area is 155 Å². The second-order valence-corrected chi connectivity index (χ2v) is 7.86. The highest BCUT2D eigenvalue weighted by Crippen LogP contribution is 2.41. The number of carbonyl (C=O) groups excluding carboxylic acids is 1. The van der Waals surface area contributed by atoms with E-state index >= 15 is 0 Å². The normalized spacial score (nSPS) is 23.5. The molecule has 0 bridgehead atoms. The number of aromatic nitrogens is 1. The van der Waals surface area contributed by atoms with Gasteiger partial charge in [-0.15, -0.1) is 0 Å². The number of amides is 1. The van der Waals surface area contributed by atoms with Gasteiger partial charge in [0.15, 0.2) is 0 Å². The Kier molecular flexibility index (Phi) is 4.57. The summed E-state index contributed by atoms with van der Waals surface area (Å²) in [5.74, 6) is 1.13. The Balaban J connectivity index is 1.35. The molecule has 0 unspecified atom stereocenters. The van der Waals surface area contributed by atoms with Gasteiger partial charge in [-0.05, 0) is 45.2 Å². The molecular weight excluding hydrogens is 326 g/mol. The Morgan fingerprint density at radius 2 is 2.00 bits per heavy atom. The molecule has 2 aliphatic rings. The van der Waals surface area contributed by atoms with Crippen molar-refractivity contribution in [3.8, 4) is 0 Å². The number of hydrogen-bond donors (Lipinski definition) is 0. The summed E-state index contributed by atoms with van der Waals surface area (Å²) >= 11 is 0. The first-order chi connectivity index (χ1) is 12.6. The van der Waals surface area contributed by atoms with Crippen molar-refractivity contribution in [2.75, 3.05) is 26.2 Å². The van der Waals surface area contributed by atoms with Crippen LogP contribution in [-0.2, 0) is 17.8 Å². The lowest BCUT2D eigenvalue weighted by atomic mass is 9.72. The third kappa shape index (κ3) is 3.16. The summed E-state index contributed by atoms with van der Waals surface area (Å²) < 4.78 is 5.23. The molecule has 0 N–H and O–H groups in total. The summed E-state index contributed by atoms with van der Waals surface area (Å²) in [5.41, 5.74) is 3.16. The van der Waals surface area contributed by atoms with Gasteiger partial charge in [-0.2, -0.15) is 0 Å². The van der Waals surface area contributed by atoms with Crippen molar-refractivity contribution in [2.24, 2.45) is 5.41 Å². The molecule has 1 amide bonds. The van der Waals surface area contributed by atoms with E-state index in [1.54, 1.807) is 0 Å². The minimum atomic E-state index is -0.159. The summed E-state index contributed by atoms with van der Waals surface area (Å²) in [6.07, 6.45) is 3.18. The average Bonchev–Trinajstić information content (AvgIpc) is 2.99. The zero-order valence-corrected chi connectivity index (χ0v) is 15.7. The van der Waals surface area contributed by atoms with Crippen molar-refractivity contribution in [2.45, 2.75) is 39.7 Å². The lowest BCUT2D eigenvalue weighted by Gasteiger charge is -2.53. The maximum Gasteiger partial charge on any atom is 0.232 e. The molecule has 0 saturated carbocycles. The molecule has 0 radical (unpaired) electrons. The van der Waals surface area contributed by atoms with E-state index in [1.165, 1.54) is 5.56 Å². The van der Waals surface area contributed by atoms with Crippen LogP contribution in [0.25, 0.3) is 0 Å². The summed E-state index contributed by atoms with van der Waals surface area (Å²) in [6.45, 7) is 8.38. The van der Waals surface area contributed by atoms with Gasteiger partial charge in [0.05, 0.1) is 17.7 Å². The highest BCUT2D eigenvalue weighted by Gasteiger charge is 2.53. The first kappa shape index (κ1) is 17.3. The first-order valence-corrected chi connectivity index (χ1v) is 9.55. The molecule has 2 aliphatic heterocycles. The van der Waals surface area contributed by atoms with Crippen molar-refractivity contribution >= 4 is 5.91 Å². The molecule has 3 heterocycles. The molecule has 1 atom stereocenters. The minimum absolute atomic E-state index is 0.159. The monoisotopic (exact) mass is 353 g/mol. The SMILES string of the molecule is Cc1noc(C)c1CN1C[C@@]2(CCCN(CCc3ccccc3)C2)C1=O. The van der Waals surface area contributed by atoms with Gasteiger partial charge in [0.2, 0.25) is 5.91 Å². The Bertz CT molecular complexity index is 766. The van der Waals surface area contributed by atoms with Gasteiger partial charge in [0.25, 0.3) is 0 Å². The van der Waals surface area contributed by atoms with Crippen LogP contribution in [0, 0.1) is 19.3 Å². The van der Waals surface area contributed by atoms with Crippen molar-refractivity contribution in [1.29, 1.82) is 0 Å². The quantitative estimate of drug-likeness (QED) is 0.776. The van der Waals surface area contributed by atoms with Crippen molar-refractivity contribution < 1.29 is 9.32 Å². The number of benzene rings is 1. The van der Waals surface area contributed by atoms with Gasteiger partial charge in [-0.25, -0.2) is 0 Å². The number of rotatable bonds is 5. The van der Waals surface area contributed by atoms with E-state index in [0.29, 0.717) is 12.5 Å². The fourth-order valence-electron chi connectivity index (χ4n) is 4.45. The van der Waals surface area contributed by atoms with Crippen LogP contribution in [0.15, 0.2) is 34.9 Å². The van der Waals surface area contributed by atoms with E-state index in [9.17, 15) is 4.79 Å². The van der Waals surface area contributed by atoms with Crippen molar-refractivity contribution in [1.82, 2.24) is 15.0 Å². The van der Waals surface area contributed by atoms with E-state index in [-0.39, 0.29) is 5.41 Å². The Hall–Kier alpha value is -2.14. The van der Waals surface area contributed by atoms with Gasteiger partial charge in [-0.1, -0.05) is 35.5 Å². The van der Waals surface area contributed by atoms with Gasteiger partial charge >= 0.3 is 0 Å². The highest BCUT2D eigenvalue weighted by atomic mass is 16.5. The van der Waals surface area contributed by atoms with Crippen molar-refractivity contribution in [3.63, 3.8) is 0 Å². The van der Waals surface area contributed by atoms with Gasteiger partial charge < -0.3 is 14.3 Å². The smallest absolute Gasteiger partial charge is 0.232 e. The van der Waals surface area contributed by atoms with E-state index in [0.717, 1.165) is 62.5 Å². The lowest BCUT2D eigenvalue weighted by Crippen LogP contribution is -2.66.